The molecule has 1 amide bonds. The van der Waals surface area contributed by atoms with E-state index in [9.17, 15) is 4.79 Å². The molecule has 0 aromatic heterocycles. The Morgan fingerprint density at radius 1 is 1.62 bits per heavy atom. The lowest BCUT2D eigenvalue weighted by Gasteiger charge is -2.10. The summed E-state index contributed by atoms with van der Waals surface area (Å²) in [6, 6.07) is 7.30. The van der Waals surface area contributed by atoms with Gasteiger partial charge in [-0.1, -0.05) is 36.0 Å². The van der Waals surface area contributed by atoms with Crippen LogP contribution in [0.5, 0.6) is 0 Å². The van der Waals surface area contributed by atoms with Gasteiger partial charge in [-0.05, 0) is 24.6 Å². The Morgan fingerprint density at radius 3 is 2.88 bits per heavy atom. The maximum absolute atomic E-state index is 11.5. The van der Waals surface area contributed by atoms with Gasteiger partial charge in [0.2, 0.25) is 5.91 Å². The molecular formula is C11H13ClN2OS. The van der Waals surface area contributed by atoms with Crippen molar-refractivity contribution >= 4 is 34.7 Å². The average molecular weight is 257 g/mol. The summed E-state index contributed by atoms with van der Waals surface area (Å²) in [7, 11) is 0. The van der Waals surface area contributed by atoms with Gasteiger partial charge in [0.05, 0.1) is 10.9 Å². The molecule has 0 aliphatic heterocycles. The zero-order valence-corrected chi connectivity index (χ0v) is 10.4. The molecule has 1 atom stereocenters. The van der Waals surface area contributed by atoms with E-state index in [2.05, 4.69) is 5.32 Å². The third kappa shape index (κ3) is 3.79. The standard InChI is InChI=1S/C11H13ClN2OS/c1-7(10(13)16)11(15)14-6-8-3-2-4-9(12)5-8/h2-5,7H,6H2,1H3,(H2,13,16)(H,14,15). The van der Waals surface area contributed by atoms with Crippen molar-refractivity contribution in [3.63, 3.8) is 0 Å². The van der Waals surface area contributed by atoms with E-state index < -0.39 is 5.92 Å². The van der Waals surface area contributed by atoms with Gasteiger partial charge in [-0.2, -0.15) is 0 Å². The van der Waals surface area contributed by atoms with Gasteiger partial charge in [0.1, 0.15) is 0 Å². The molecule has 0 aliphatic carbocycles. The van der Waals surface area contributed by atoms with Gasteiger partial charge < -0.3 is 11.1 Å². The average Bonchev–Trinajstić information content (AvgIpc) is 2.24. The van der Waals surface area contributed by atoms with E-state index in [-0.39, 0.29) is 10.9 Å². The first-order valence-electron chi connectivity index (χ1n) is 4.82. The predicted molar refractivity (Wildman–Crippen MR) is 69.2 cm³/mol. The Morgan fingerprint density at radius 2 is 2.31 bits per heavy atom. The lowest BCUT2D eigenvalue weighted by atomic mass is 10.1. The summed E-state index contributed by atoms with van der Waals surface area (Å²) in [5.41, 5.74) is 6.32. The van der Waals surface area contributed by atoms with Crippen molar-refractivity contribution in [1.29, 1.82) is 0 Å². The molecule has 3 N–H and O–H groups in total. The number of amides is 1. The quantitative estimate of drug-likeness (QED) is 0.809. The lowest BCUT2D eigenvalue weighted by Crippen LogP contribution is -2.35. The van der Waals surface area contributed by atoms with Crippen molar-refractivity contribution in [2.24, 2.45) is 11.7 Å². The van der Waals surface area contributed by atoms with Crippen LogP contribution in [0.1, 0.15) is 12.5 Å². The predicted octanol–water partition coefficient (Wildman–Crippen LogP) is 1.88. The number of nitrogens with one attached hydrogen (secondary N) is 1. The second-order valence-corrected chi connectivity index (χ2v) is 4.38. The van der Waals surface area contributed by atoms with Crippen LogP contribution in [0.25, 0.3) is 0 Å². The molecule has 0 radical (unpaired) electrons. The van der Waals surface area contributed by atoms with Crippen LogP contribution in [-0.2, 0) is 11.3 Å². The topological polar surface area (TPSA) is 55.1 Å². The number of hydrogen-bond acceptors (Lipinski definition) is 2. The second-order valence-electron chi connectivity index (χ2n) is 3.47. The third-order valence-corrected chi connectivity index (χ3v) is 2.76. The van der Waals surface area contributed by atoms with Crippen LogP contribution in [0, 0.1) is 5.92 Å². The molecule has 0 saturated heterocycles. The minimum absolute atomic E-state index is 0.174. The molecule has 0 heterocycles. The van der Waals surface area contributed by atoms with E-state index in [0.29, 0.717) is 11.6 Å². The van der Waals surface area contributed by atoms with Crippen molar-refractivity contribution in [3.05, 3.63) is 34.9 Å². The first-order valence-corrected chi connectivity index (χ1v) is 5.61. The van der Waals surface area contributed by atoms with Gasteiger partial charge in [0.15, 0.2) is 0 Å². The van der Waals surface area contributed by atoms with E-state index in [1.165, 1.54) is 0 Å². The highest BCUT2D eigenvalue weighted by atomic mass is 35.5. The normalized spacial score (nSPS) is 11.9. The summed E-state index contributed by atoms with van der Waals surface area (Å²) in [6.07, 6.45) is 0. The van der Waals surface area contributed by atoms with Crippen LogP contribution in [-0.4, -0.2) is 10.9 Å². The van der Waals surface area contributed by atoms with Crippen LogP contribution in [0.4, 0.5) is 0 Å². The largest absolute Gasteiger partial charge is 0.393 e. The van der Waals surface area contributed by atoms with Crippen LogP contribution in [0.15, 0.2) is 24.3 Å². The number of rotatable bonds is 4. The Hall–Kier alpha value is -1.13. The summed E-state index contributed by atoms with van der Waals surface area (Å²) < 4.78 is 0. The minimum atomic E-state index is -0.450. The third-order valence-electron chi connectivity index (χ3n) is 2.18. The molecule has 0 fully saturated rings. The fraction of sp³-hybridized carbons (Fsp3) is 0.273. The molecule has 0 saturated carbocycles. The Labute approximate surface area is 105 Å². The first kappa shape index (κ1) is 12.9. The first-order chi connectivity index (χ1) is 7.50. The molecule has 0 spiro atoms. The summed E-state index contributed by atoms with van der Waals surface area (Å²) in [5, 5.41) is 3.39. The van der Waals surface area contributed by atoms with Crippen LogP contribution in [0.3, 0.4) is 0 Å². The molecule has 5 heteroatoms. The summed E-state index contributed by atoms with van der Waals surface area (Å²) in [6.45, 7) is 2.10. The highest BCUT2D eigenvalue weighted by molar-refractivity contribution is 7.80. The van der Waals surface area contributed by atoms with E-state index in [4.69, 9.17) is 29.6 Å². The highest BCUT2D eigenvalue weighted by Crippen LogP contribution is 2.10. The van der Waals surface area contributed by atoms with E-state index in [1.807, 2.05) is 12.1 Å². The molecule has 86 valence electrons. The zero-order chi connectivity index (χ0) is 12.1. The molecule has 1 unspecified atom stereocenters. The van der Waals surface area contributed by atoms with Gasteiger partial charge in [-0.15, -0.1) is 0 Å². The van der Waals surface area contributed by atoms with Crippen molar-refractivity contribution in [3.8, 4) is 0 Å². The Kier molecular flexibility index (Phi) is 4.71. The SMILES string of the molecule is CC(C(=O)NCc1cccc(Cl)c1)C(N)=S. The van der Waals surface area contributed by atoms with Gasteiger partial charge >= 0.3 is 0 Å². The van der Waals surface area contributed by atoms with E-state index >= 15 is 0 Å². The molecule has 1 aromatic carbocycles. The fourth-order valence-corrected chi connectivity index (χ4v) is 1.44. The van der Waals surface area contributed by atoms with Crippen LogP contribution >= 0.6 is 23.8 Å². The summed E-state index contributed by atoms with van der Waals surface area (Å²) in [5.74, 6) is -0.623. The minimum Gasteiger partial charge on any atom is -0.393 e. The second kappa shape index (κ2) is 5.82. The molecule has 0 aliphatic rings. The Balaban J connectivity index is 2.52. The number of halogens is 1. The summed E-state index contributed by atoms with van der Waals surface area (Å²) in [4.78, 5) is 11.7. The van der Waals surface area contributed by atoms with Crippen LogP contribution in [0.2, 0.25) is 5.02 Å². The number of carbonyl (C=O) groups excluding carboxylic acids is 1. The molecule has 1 aromatic rings. The van der Waals surface area contributed by atoms with Gasteiger partial charge in [0.25, 0.3) is 0 Å². The Bertz CT molecular complexity index is 409. The maximum atomic E-state index is 11.5. The van der Waals surface area contributed by atoms with E-state index in [0.717, 1.165) is 5.56 Å². The molecule has 1 rings (SSSR count). The monoisotopic (exact) mass is 256 g/mol. The van der Waals surface area contributed by atoms with Gasteiger partial charge in [0, 0.05) is 11.6 Å². The molecule has 0 bridgehead atoms. The number of carbonyl (C=O) groups is 1. The maximum Gasteiger partial charge on any atom is 0.229 e. The lowest BCUT2D eigenvalue weighted by molar-refractivity contribution is -0.122. The van der Waals surface area contributed by atoms with Crippen molar-refractivity contribution in [2.45, 2.75) is 13.5 Å². The number of hydrogen-bond donors (Lipinski definition) is 2. The molecule has 16 heavy (non-hydrogen) atoms. The van der Waals surface area contributed by atoms with Crippen LogP contribution < -0.4 is 11.1 Å². The summed E-state index contributed by atoms with van der Waals surface area (Å²) >= 11 is 10.6. The van der Waals surface area contributed by atoms with Gasteiger partial charge in [-0.25, -0.2) is 0 Å². The van der Waals surface area contributed by atoms with Crippen molar-refractivity contribution in [2.75, 3.05) is 0 Å². The molecular weight excluding hydrogens is 244 g/mol. The van der Waals surface area contributed by atoms with E-state index in [1.54, 1.807) is 19.1 Å². The van der Waals surface area contributed by atoms with Gasteiger partial charge in [-0.3, -0.25) is 4.79 Å². The zero-order valence-electron chi connectivity index (χ0n) is 8.87. The van der Waals surface area contributed by atoms with Crippen molar-refractivity contribution < 1.29 is 4.79 Å². The number of nitrogens with two attached hydrogens (primary N) is 1. The van der Waals surface area contributed by atoms with Crippen molar-refractivity contribution in [1.82, 2.24) is 5.32 Å². The molecule has 3 nitrogen and oxygen atoms in total. The smallest absolute Gasteiger partial charge is 0.229 e. The number of thiocarbonyl (C=S) groups is 1. The fourth-order valence-electron chi connectivity index (χ4n) is 1.12. The highest BCUT2D eigenvalue weighted by Gasteiger charge is 2.14. The number of benzene rings is 1.